The Kier molecular flexibility index (Phi) is 4.28. The highest BCUT2D eigenvalue weighted by Crippen LogP contribution is 2.21. The van der Waals surface area contributed by atoms with Crippen LogP contribution in [0.5, 0.6) is 5.75 Å². The van der Waals surface area contributed by atoms with Crippen molar-refractivity contribution < 1.29 is 4.74 Å². The van der Waals surface area contributed by atoms with Gasteiger partial charge in [-0.05, 0) is 36.5 Å². The molecular formula is C13H18N4O. The summed E-state index contributed by atoms with van der Waals surface area (Å²) in [6.45, 7) is 2.14. The van der Waals surface area contributed by atoms with Gasteiger partial charge in [0.2, 0.25) is 0 Å². The predicted octanol–water partition coefficient (Wildman–Crippen LogP) is 1.95. The minimum absolute atomic E-state index is 0.777. The van der Waals surface area contributed by atoms with Crippen molar-refractivity contribution in [2.45, 2.75) is 32.6 Å². The molecule has 0 atom stereocenters. The third-order valence-electron chi connectivity index (χ3n) is 2.98. The molecule has 96 valence electrons. The van der Waals surface area contributed by atoms with Crippen molar-refractivity contribution in [1.82, 2.24) is 20.6 Å². The van der Waals surface area contributed by atoms with E-state index in [-0.39, 0.29) is 0 Å². The van der Waals surface area contributed by atoms with Gasteiger partial charge in [-0.1, -0.05) is 24.3 Å². The summed E-state index contributed by atoms with van der Waals surface area (Å²) in [5.74, 6) is 1.75. The minimum atomic E-state index is 0.777. The molecular weight excluding hydrogens is 228 g/mol. The first-order valence-electron chi connectivity index (χ1n) is 6.21. The molecule has 0 saturated carbocycles. The van der Waals surface area contributed by atoms with Gasteiger partial charge < -0.3 is 4.74 Å². The summed E-state index contributed by atoms with van der Waals surface area (Å²) in [5.41, 5.74) is 2.59. The Balaban J connectivity index is 1.93. The van der Waals surface area contributed by atoms with Crippen molar-refractivity contribution in [3.05, 3.63) is 35.2 Å². The van der Waals surface area contributed by atoms with E-state index < -0.39 is 0 Å². The van der Waals surface area contributed by atoms with Gasteiger partial charge in [0, 0.05) is 6.42 Å². The van der Waals surface area contributed by atoms with Crippen molar-refractivity contribution in [3.63, 3.8) is 0 Å². The summed E-state index contributed by atoms with van der Waals surface area (Å²) < 4.78 is 5.32. The second-order valence-electron chi connectivity index (χ2n) is 4.18. The molecule has 2 rings (SSSR count). The molecule has 2 aromatic rings. The van der Waals surface area contributed by atoms with Crippen LogP contribution in [0.1, 0.15) is 30.3 Å². The Bertz CT molecular complexity index is 482. The fourth-order valence-corrected chi connectivity index (χ4v) is 2.00. The van der Waals surface area contributed by atoms with Gasteiger partial charge in [-0.3, -0.25) is 0 Å². The number of nitrogens with zero attached hydrogens (tertiary/aromatic N) is 3. The number of tetrazole rings is 1. The highest BCUT2D eigenvalue weighted by Gasteiger charge is 2.03. The summed E-state index contributed by atoms with van der Waals surface area (Å²) in [4.78, 5) is 0. The summed E-state index contributed by atoms with van der Waals surface area (Å²) >= 11 is 0. The van der Waals surface area contributed by atoms with Gasteiger partial charge in [0.15, 0.2) is 5.82 Å². The number of rotatable bonds is 6. The Labute approximate surface area is 107 Å². The number of hydrogen-bond donors (Lipinski definition) is 1. The van der Waals surface area contributed by atoms with E-state index >= 15 is 0 Å². The van der Waals surface area contributed by atoms with Gasteiger partial charge in [-0.15, -0.1) is 10.2 Å². The summed E-state index contributed by atoms with van der Waals surface area (Å²) in [7, 11) is 1.71. The summed E-state index contributed by atoms with van der Waals surface area (Å²) in [6, 6.07) is 6.38. The van der Waals surface area contributed by atoms with E-state index in [4.69, 9.17) is 4.74 Å². The zero-order valence-electron chi connectivity index (χ0n) is 10.8. The maximum atomic E-state index is 5.32. The zero-order chi connectivity index (χ0) is 12.8. The van der Waals surface area contributed by atoms with Crippen LogP contribution in [0.4, 0.5) is 0 Å². The minimum Gasteiger partial charge on any atom is -0.496 e. The second-order valence-corrected chi connectivity index (χ2v) is 4.18. The van der Waals surface area contributed by atoms with Gasteiger partial charge in [-0.25, -0.2) is 0 Å². The Morgan fingerprint density at radius 2 is 2.17 bits per heavy atom. The molecule has 5 heteroatoms. The van der Waals surface area contributed by atoms with Gasteiger partial charge >= 0.3 is 0 Å². The Hall–Kier alpha value is -1.91. The first-order chi connectivity index (χ1) is 8.83. The molecule has 0 saturated heterocycles. The van der Waals surface area contributed by atoms with Gasteiger partial charge in [0.25, 0.3) is 0 Å². The van der Waals surface area contributed by atoms with Crippen LogP contribution in [0, 0.1) is 0 Å². The molecule has 1 aromatic carbocycles. The van der Waals surface area contributed by atoms with Gasteiger partial charge in [0.05, 0.1) is 7.11 Å². The van der Waals surface area contributed by atoms with E-state index in [2.05, 4.69) is 39.7 Å². The predicted molar refractivity (Wildman–Crippen MR) is 68.6 cm³/mol. The number of hydrogen-bond acceptors (Lipinski definition) is 4. The van der Waals surface area contributed by atoms with E-state index in [9.17, 15) is 0 Å². The van der Waals surface area contributed by atoms with Crippen LogP contribution in [0.15, 0.2) is 18.2 Å². The maximum Gasteiger partial charge on any atom is 0.174 e. The number of methoxy groups -OCH3 is 1. The van der Waals surface area contributed by atoms with Crippen molar-refractivity contribution in [3.8, 4) is 5.75 Å². The lowest BCUT2D eigenvalue weighted by Gasteiger charge is -2.08. The average molecular weight is 246 g/mol. The molecule has 18 heavy (non-hydrogen) atoms. The lowest BCUT2D eigenvalue weighted by molar-refractivity contribution is 0.410. The Morgan fingerprint density at radius 1 is 1.28 bits per heavy atom. The summed E-state index contributed by atoms with van der Waals surface area (Å²) in [5, 5.41) is 13.9. The van der Waals surface area contributed by atoms with Crippen LogP contribution in [-0.4, -0.2) is 27.7 Å². The van der Waals surface area contributed by atoms with Crippen molar-refractivity contribution >= 4 is 0 Å². The molecule has 5 nitrogen and oxygen atoms in total. The highest BCUT2D eigenvalue weighted by molar-refractivity contribution is 5.37. The average Bonchev–Trinajstić information content (AvgIpc) is 2.91. The SMILES string of the molecule is CCc1cc(CCCc2nn[nH]n2)ccc1OC. The van der Waals surface area contributed by atoms with E-state index in [1.807, 2.05) is 6.07 Å². The van der Waals surface area contributed by atoms with Crippen molar-refractivity contribution in [2.75, 3.05) is 7.11 Å². The second kappa shape index (κ2) is 6.14. The number of benzene rings is 1. The molecule has 0 radical (unpaired) electrons. The maximum absolute atomic E-state index is 5.32. The molecule has 0 spiro atoms. The number of ether oxygens (including phenoxy) is 1. The van der Waals surface area contributed by atoms with Crippen LogP contribution in [0.3, 0.4) is 0 Å². The van der Waals surface area contributed by atoms with Crippen LogP contribution < -0.4 is 4.74 Å². The summed E-state index contributed by atoms with van der Waals surface area (Å²) in [6.07, 6.45) is 3.88. The number of H-pyrrole nitrogens is 1. The van der Waals surface area contributed by atoms with Gasteiger partial charge in [0.1, 0.15) is 5.75 Å². The molecule has 1 N–H and O–H groups in total. The lowest BCUT2D eigenvalue weighted by Crippen LogP contribution is -1.95. The largest absolute Gasteiger partial charge is 0.496 e. The first kappa shape index (κ1) is 12.5. The van der Waals surface area contributed by atoms with E-state index in [1.165, 1.54) is 11.1 Å². The van der Waals surface area contributed by atoms with Crippen LogP contribution >= 0.6 is 0 Å². The smallest absolute Gasteiger partial charge is 0.174 e. The molecule has 0 unspecified atom stereocenters. The van der Waals surface area contributed by atoms with Gasteiger partial charge in [-0.2, -0.15) is 5.21 Å². The van der Waals surface area contributed by atoms with Crippen molar-refractivity contribution in [2.24, 2.45) is 0 Å². The fourth-order valence-electron chi connectivity index (χ4n) is 2.00. The van der Waals surface area contributed by atoms with Crippen molar-refractivity contribution in [1.29, 1.82) is 0 Å². The molecule has 1 aromatic heterocycles. The third-order valence-corrected chi connectivity index (χ3v) is 2.98. The van der Waals surface area contributed by atoms with Crippen LogP contribution in [0.2, 0.25) is 0 Å². The molecule has 1 heterocycles. The molecule has 0 aliphatic heterocycles. The molecule has 0 aliphatic rings. The quantitative estimate of drug-likeness (QED) is 0.846. The van der Waals surface area contributed by atoms with Crippen LogP contribution in [0.25, 0.3) is 0 Å². The molecule has 0 amide bonds. The van der Waals surface area contributed by atoms with Crippen LogP contribution in [-0.2, 0) is 19.3 Å². The molecule has 0 aliphatic carbocycles. The number of aryl methyl sites for hydroxylation is 3. The number of nitrogens with one attached hydrogen (secondary N) is 1. The fraction of sp³-hybridized carbons (Fsp3) is 0.462. The van der Waals surface area contributed by atoms with E-state index in [0.717, 1.165) is 37.3 Å². The number of aromatic amines is 1. The monoisotopic (exact) mass is 246 g/mol. The standard InChI is InChI=1S/C13H18N4O/c1-3-11-9-10(7-8-12(11)18-2)5-4-6-13-14-16-17-15-13/h7-9H,3-6H2,1-2H3,(H,14,15,16,17). The number of aromatic nitrogens is 4. The normalized spacial score (nSPS) is 10.6. The molecule has 0 fully saturated rings. The highest BCUT2D eigenvalue weighted by atomic mass is 16.5. The third kappa shape index (κ3) is 3.06. The van der Waals surface area contributed by atoms with E-state index in [0.29, 0.717) is 0 Å². The zero-order valence-corrected chi connectivity index (χ0v) is 10.8. The lowest BCUT2D eigenvalue weighted by atomic mass is 10.0. The van der Waals surface area contributed by atoms with E-state index in [1.54, 1.807) is 7.11 Å². The topological polar surface area (TPSA) is 63.7 Å². The molecule has 0 bridgehead atoms. The Morgan fingerprint density at radius 3 is 2.83 bits per heavy atom. The first-order valence-corrected chi connectivity index (χ1v) is 6.21.